The summed E-state index contributed by atoms with van der Waals surface area (Å²) in [5.74, 6) is 0.00807. The maximum atomic E-state index is 12.3. The van der Waals surface area contributed by atoms with E-state index in [4.69, 9.17) is 10.5 Å². The molecule has 3 atom stereocenters. The van der Waals surface area contributed by atoms with Crippen molar-refractivity contribution in [1.29, 1.82) is 0 Å². The number of rotatable bonds is 3. The highest BCUT2D eigenvalue weighted by atomic mass is 16.5. The van der Waals surface area contributed by atoms with E-state index in [-0.39, 0.29) is 24.5 Å². The van der Waals surface area contributed by atoms with E-state index in [0.29, 0.717) is 11.0 Å². The van der Waals surface area contributed by atoms with E-state index in [9.17, 15) is 15.0 Å². The van der Waals surface area contributed by atoms with Crippen molar-refractivity contribution in [3.8, 4) is 11.3 Å². The minimum atomic E-state index is -0.796. The third kappa shape index (κ3) is 2.60. The van der Waals surface area contributed by atoms with Gasteiger partial charge >= 0.3 is 0 Å². The van der Waals surface area contributed by atoms with Crippen LogP contribution in [-0.2, 0) is 4.74 Å². The Morgan fingerprint density at radius 3 is 2.80 bits per heavy atom. The summed E-state index contributed by atoms with van der Waals surface area (Å²) in [7, 11) is 0. The van der Waals surface area contributed by atoms with Gasteiger partial charge in [0.05, 0.1) is 23.8 Å². The summed E-state index contributed by atoms with van der Waals surface area (Å²) in [4.78, 5) is 19.0. The van der Waals surface area contributed by atoms with Gasteiger partial charge < -0.3 is 20.7 Å². The maximum absolute atomic E-state index is 12.3. The van der Waals surface area contributed by atoms with Gasteiger partial charge in [0, 0.05) is 6.42 Å². The van der Waals surface area contributed by atoms with Gasteiger partial charge in [0.1, 0.15) is 12.3 Å². The second-order valence-corrected chi connectivity index (χ2v) is 6.07. The summed E-state index contributed by atoms with van der Waals surface area (Å²) in [5.41, 5.74) is 7.37. The topological polar surface area (TPSA) is 126 Å². The lowest BCUT2D eigenvalue weighted by atomic mass is 10.1. The van der Waals surface area contributed by atoms with Crippen LogP contribution in [0.25, 0.3) is 22.3 Å². The second-order valence-electron chi connectivity index (χ2n) is 6.07. The molecular weight excluding hydrogens is 324 g/mol. The van der Waals surface area contributed by atoms with E-state index in [1.807, 2.05) is 30.3 Å². The lowest BCUT2D eigenvalue weighted by Crippen LogP contribution is -2.24. The first-order chi connectivity index (χ1) is 12.1. The van der Waals surface area contributed by atoms with Gasteiger partial charge in [-0.1, -0.05) is 30.3 Å². The molecule has 3 aromatic rings. The largest absolute Gasteiger partial charge is 0.394 e. The highest BCUT2D eigenvalue weighted by molar-refractivity contribution is 5.84. The number of hydrogen-bond donors (Lipinski definition) is 4. The van der Waals surface area contributed by atoms with Crippen LogP contribution in [0.1, 0.15) is 12.6 Å². The Morgan fingerprint density at radius 1 is 1.36 bits per heavy atom. The normalized spacial score (nSPS) is 23.4. The van der Waals surface area contributed by atoms with Gasteiger partial charge in [-0.25, -0.2) is 0 Å². The quantitative estimate of drug-likeness (QED) is 0.552. The molecule has 1 saturated heterocycles. The van der Waals surface area contributed by atoms with Crippen molar-refractivity contribution in [3.05, 3.63) is 46.8 Å². The molecule has 4 rings (SSSR count). The highest BCUT2D eigenvalue weighted by Crippen LogP contribution is 2.36. The molecule has 0 radical (unpaired) electrons. The van der Waals surface area contributed by atoms with Crippen LogP contribution in [0.4, 0.5) is 5.95 Å². The molecule has 3 heterocycles. The van der Waals surface area contributed by atoms with Crippen molar-refractivity contribution in [2.45, 2.75) is 24.9 Å². The van der Waals surface area contributed by atoms with Crippen LogP contribution in [-0.4, -0.2) is 43.6 Å². The molecule has 25 heavy (non-hydrogen) atoms. The molecular formula is C17H18N4O4. The fourth-order valence-corrected chi connectivity index (χ4v) is 3.28. The van der Waals surface area contributed by atoms with E-state index in [0.717, 1.165) is 11.3 Å². The van der Waals surface area contributed by atoms with E-state index in [1.54, 1.807) is 10.6 Å². The molecule has 8 heteroatoms. The second kappa shape index (κ2) is 5.99. The van der Waals surface area contributed by atoms with Crippen molar-refractivity contribution >= 4 is 17.0 Å². The summed E-state index contributed by atoms with van der Waals surface area (Å²) in [6.07, 6.45) is -1.75. The number of aliphatic hydroxyl groups is 2. The number of nitrogens with zero attached hydrogens (tertiary/aromatic N) is 2. The van der Waals surface area contributed by atoms with Crippen LogP contribution in [0.15, 0.2) is 41.2 Å². The molecule has 1 fully saturated rings. The molecule has 1 aliphatic rings. The van der Waals surface area contributed by atoms with Gasteiger partial charge in [0.25, 0.3) is 5.56 Å². The number of aliphatic hydroxyl groups excluding tert-OH is 2. The zero-order valence-corrected chi connectivity index (χ0v) is 13.3. The van der Waals surface area contributed by atoms with Gasteiger partial charge in [-0.15, -0.1) is 0 Å². The van der Waals surface area contributed by atoms with Crippen LogP contribution >= 0.6 is 0 Å². The smallest absolute Gasteiger partial charge is 0.261 e. The van der Waals surface area contributed by atoms with Crippen molar-refractivity contribution in [3.63, 3.8) is 0 Å². The standard InChI is InChI=1S/C17H18N4O4/c18-17-19-15-10(16(24)20-17)6-11(9-4-2-1-3-5-9)21(15)14-7-12(23)13(8-22)25-14/h1-6,12-14,22-23H,7-8H2,(H3,18,19,20,24)/t12-,13+,14?/m0/s1. The number of aromatic amines is 1. The van der Waals surface area contributed by atoms with Gasteiger partial charge in [0.2, 0.25) is 5.95 Å². The van der Waals surface area contributed by atoms with Gasteiger partial charge in [0.15, 0.2) is 5.65 Å². The Balaban J connectivity index is 1.96. The molecule has 1 aromatic carbocycles. The monoisotopic (exact) mass is 342 g/mol. The molecule has 0 aliphatic carbocycles. The van der Waals surface area contributed by atoms with Crippen LogP contribution < -0.4 is 11.3 Å². The maximum Gasteiger partial charge on any atom is 0.261 e. The first-order valence-electron chi connectivity index (χ1n) is 7.99. The third-order valence-corrected chi connectivity index (χ3v) is 4.46. The molecule has 0 bridgehead atoms. The zero-order chi connectivity index (χ0) is 17.6. The zero-order valence-electron chi connectivity index (χ0n) is 13.3. The van der Waals surface area contributed by atoms with Gasteiger partial charge in [-0.3, -0.25) is 14.3 Å². The minimum absolute atomic E-state index is 0.00807. The number of fused-ring (bicyclic) bond motifs is 1. The molecule has 2 aromatic heterocycles. The number of H-pyrrole nitrogens is 1. The fraction of sp³-hybridized carbons (Fsp3) is 0.294. The summed E-state index contributed by atoms with van der Waals surface area (Å²) in [5, 5.41) is 19.8. The predicted molar refractivity (Wildman–Crippen MR) is 91.8 cm³/mol. The number of nitrogen functional groups attached to an aromatic ring is 1. The van der Waals surface area contributed by atoms with E-state index in [1.165, 1.54) is 0 Å². The summed E-state index contributed by atoms with van der Waals surface area (Å²) < 4.78 is 7.55. The Bertz CT molecular complexity index is 966. The van der Waals surface area contributed by atoms with Gasteiger partial charge in [-0.2, -0.15) is 4.98 Å². The van der Waals surface area contributed by atoms with Crippen molar-refractivity contribution < 1.29 is 14.9 Å². The molecule has 130 valence electrons. The Hall–Kier alpha value is -2.68. The van der Waals surface area contributed by atoms with Crippen molar-refractivity contribution in [2.75, 3.05) is 12.3 Å². The van der Waals surface area contributed by atoms with E-state index >= 15 is 0 Å². The number of benzene rings is 1. The number of anilines is 1. The number of ether oxygens (including phenoxy) is 1. The molecule has 5 N–H and O–H groups in total. The summed E-state index contributed by atoms with van der Waals surface area (Å²) in [6.45, 7) is -0.284. The molecule has 1 aliphatic heterocycles. The van der Waals surface area contributed by atoms with Crippen LogP contribution in [0, 0.1) is 0 Å². The Labute approximate surface area is 142 Å². The highest BCUT2D eigenvalue weighted by Gasteiger charge is 2.36. The van der Waals surface area contributed by atoms with Crippen LogP contribution in [0.5, 0.6) is 0 Å². The lowest BCUT2D eigenvalue weighted by Gasteiger charge is -2.18. The molecule has 0 saturated carbocycles. The number of nitrogens with one attached hydrogen (secondary N) is 1. The summed E-state index contributed by atoms with van der Waals surface area (Å²) in [6, 6.07) is 11.2. The number of nitrogens with two attached hydrogens (primary N) is 1. The average molecular weight is 342 g/mol. The van der Waals surface area contributed by atoms with E-state index in [2.05, 4.69) is 9.97 Å². The van der Waals surface area contributed by atoms with Crippen molar-refractivity contribution in [1.82, 2.24) is 14.5 Å². The van der Waals surface area contributed by atoms with E-state index < -0.39 is 18.4 Å². The third-order valence-electron chi connectivity index (χ3n) is 4.46. The predicted octanol–water partition coefficient (Wildman–Crippen LogP) is 0.614. The molecule has 1 unspecified atom stereocenters. The first-order valence-corrected chi connectivity index (χ1v) is 7.99. The van der Waals surface area contributed by atoms with Crippen molar-refractivity contribution in [2.24, 2.45) is 0 Å². The number of hydrogen-bond acceptors (Lipinski definition) is 6. The number of aromatic nitrogens is 3. The molecule has 0 amide bonds. The lowest BCUT2D eigenvalue weighted by molar-refractivity contribution is -0.0425. The first kappa shape index (κ1) is 15.8. The fourth-order valence-electron chi connectivity index (χ4n) is 3.28. The van der Waals surface area contributed by atoms with Gasteiger partial charge in [-0.05, 0) is 11.6 Å². The average Bonchev–Trinajstić information content (AvgIpc) is 3.16. The van der Waals surface area contributed by atoms with Crippen LogP contribution in [0.3, 0.4) is 0 Å². The van der Waals surface area contributed by atoms with Crippen LogP contribution in [0.2, 0.25) is 0 Å². The Morgan fingerprint density at radius 2 is 2.12 bits per heavy atom. The molecule has 8 nitrogen and oxygen atoms in total. The Kier molecular flexibility index (Phi) is 3.79. The SMILES string of the molecule is Nc1nc2c(cc(-c3ccccc3)n2C2C[C@H](O)[C@@H](CO)O2)c(=O)[nH]1. The summed E-state index contributed by atoms with van der Waals surface area (Å²) >= 11 is 0. The molecule has 0 spiro atoms. The minimum Gasteiger partial charge on any atom is -0.394 e.